The maximum atomic E-state index is 15.7. The van der Waals surface area contributed by atoms with Gasteiger partial charge in [0.25, 0.3) is 11.8 Å². The maximum absolute atomic E-state index is 15.7. The van der Waals surface area contributed by atoms with Crippen molar-refractivity contribution < 1.29 is 38.9 Å². The Morgan fingerprint density at radius 2 is 1.54 bits per heavy atom. The number of aromatic hydroxyl groups is 1. The predicted octanol–water partition coefficient (Wildman–Crippen LogP) is 7.93. The second-order valence-electron chi connectivity index (χ2n) is 16.2. The number of halogens is 2. The van der Waals surface area contributed by atoms with Gasteiger partial charge in [-0.15, -0.1) is 0 Å². The number of benzene rings is 5. The van der Waals surface area contributed by atoms with Gasteiger partial charge in [-0.1, -0.05) is 77.3 Å². The van der Waals surface area contributed by atoms with Crippen LogP contribution in [0.5, 0.6) is 11.5 Å². The zero-order valence-corrected chi connectivity index (χ0v) is 35.2. The number of carbonyl (C=O) groups is 4. The van der Waals surface area contributed by atoms with E-state index in [2.05, 4.69) is 5.43 Å². The minimum Gasteiger partial charge on any atom is -0.508 e. The van der Waals surface area contributed by atoms with E-state index in [4.69, 9.17) is 27.9 Å². The van der Waals surface area contributed by atoms with Crippen molar-refractivity contribution in [1.29, 1.82) is 0 Å². The number of nitrogens with zero attached hydrogens (tertiary/aromatic N) is 5. The first-order chi connectivity index (χ1) is 30.1. The van der Waals surface area contributed by atoms with Crippen molar-refractivity contribution in [3.05, 3.63) is 144 Å². The summed E-state index contributed by atoms with van der Waals surface area (Å²) in [4.78, 5) is 85.5. The smallest absolute Gasteiger partial charge is 0.301 e. The van der Waals surface area contributed by atoms with Crippen LogP contribution in [0.25, 0.3) is 10.8 Å². The lowest BCUT2D eigenvalue weighted by molar-refractivity contribution is -0.392. The van der Waals surface area contributed by atoms with Gasteiger partial charge in [0.15, 0.2) is 5.69 Å². The number of carbonyl (C=O) groups excluding carboxylic acids is 4. The van der Waals surface area contributed by atoms with Crippen LogP contribution < -0.4 is 20.0 Å². The summed E-state index contributed by atoms with van der Waals surface area (Å²) in [7, 11) is 4.29. The number of methoxy groups -OCH3 is 1. The largest absolute Gasteiger partial charge is 0.508 e. The van der Waals surface area contributed by atoms with Gasteiger partial charge in [-0.2, -0.15) is 5.01 Å². The highest BCUT2D eigenvalue weighted by Crippen LogP contribution is 2.66. The lowest BCUT2D eigenvalue weighted by Crippen LogP contribution is -2.53. The van der Waals surface area contributed by atoms with E-state index in [1.165, 1.54) is 50.4 Å². The Bertz CT molecular complexity index is 2850. The second-order valence-corrected chi connectivity index (χ2v) is 17.0. The van der Waals surface area contributed by atoms with Crippen LogP contribution in [0, 0.1) is 43.9 Å². The number of nitrogens with one attached hydrogen (secondary N) is 1. The standard InChI is InChI=1S/C45H36Cl2N6O10/c1-49(2)40-34(52(59)60)19-25(20-35(40)53(61)62)50-41(55)29-15-14-28-30(37(29)43(50)57)21-31-42(56)51(48-33-16-11-24(46)18-32(33)47)44(58)45(31,23-9-12-26(63-3)13-10-23)39(28)38-27-7-5-4-6-22(27)8-17-36(38)54/h4-14,16-20,29-31,37,39,48,54H,15,21H2,1-3H3. The molecule has 5 aromatic carbocycles. The Kier molecular flexibility index (Phi) is 9.90. The van der Waals surface area contributed by atoms with E-state index in [1.54, 1.807) is 48.5 Å². The van der Waals surface area contributed by atoms with Crippen LogP contribution in [0.3, 0.4) is 0 Å². The fourth-order valence-electron chi connectivity index (χ4n) is 10.5. The Morgan fingerprint density at radius 3 is 2.17 bits per heavy atom. The summed E-state index contributed by atoms with van der Waals surface area (Å²) in [6, 6.07) is 23.7. The van der Waals surface area contributed by atoms with Crippen LogP contribution in [-0.2, 0) is 24.6 Å². The first kappa shape index (κ1) is 41.3. The summed E-state index contributed by atoms with van der Waals surface area (Å²) >= 11 is 12.8. The molecule has 3 fully saturated rings. The van der Waals surface area contributed by atoms with E-state index in [1.807, 2.05) is 12.1 Å². The molecule has 18 heteroatoms. The van der Waals surface area contributed by atoms with Crippen molar-refractivity contribution in [2.24, 2.45) is 23.7 Å². The number of imide groups is 2. The van der Waals surface area contributed by atoms with Gasteiger partial charge in [-0.05, 0) is 71.5 Å². The molecule has 1 saturated carbocycles. The summed E-state index contributed by atoms with van der Waals surface area (Å²) < 4.78 is 5.48. The molecule has 4 aliphatic rings. The molecule has 6 atom stereocenters. The number of fused-ring (bicyclic) bond motifs is 5. The van der Waals surface area contributed by atoms with Gasteiger partial charge in [0, 0.05) is 42.7 Å². The number of rotatable bonds is 9. The molecule has 0 bridgehead atoms. The van der Waals surface area contributed by atoms with Crippen LogP contribution in [0.1, 0.15) is 29.9 Å². The molecule has 16 nitrogen and oxygen atoms in total. The Morgan fingerprint density at radius 1 is 0.857 bits per heavy atom. The van der Waals surface area contributed by atoms with E-state index in [0.717, 1.165) is 22.0 Å². The van der Waals surface area contributed by atoms with Gasteiger partial charge in [-0.3, -0.25) is 44.8 Å². The van der Waals surface area contributed by atoms with E-state index < -0.39 is 79.9 Å². The zero-order chi connectivity index (χ0) is 44.8. The van der Waals surface area contributed by atoms with Gasteiger partial charge in [-0.25, -0.2) is 4.90 Å². The average molecular weight is 892 g/mol. The van der Waals surface area contributed by atoms with Gasteiger partial charge in [0.2, 0.25) is 11.8 Å². The fraction of sp³-hybridized carbons (Fsp3) is 0.244. The molecule has 5 aromatic rings. The number of ether oxygens (including phenoxy) is 1. The summed E-state index contributed by atoms with van der Waals surface area (Å²) in [6.45, 7) is 0. The zero-order valence-electron chi connectivity index (χ0n) is 33.7. The number of phenolic OH excluding ortho intramolecular Hbond substituents is 1. The highest BCUT2D eigenvalue weighted by molar-refractivity contribution is 6.36. The Balaban J connectivity index is 1.27. The minimum absolute atomic E-state index is 0.0343. The van der Waals surface area contributed by atoms with Crippen LogP contribution in [0.2, 0.25) is 10.0 Å². The van der Waals surface area contributed by atoms with Gasteiger partial charge >= 0.3 is 11.4 Å². The van der Waals surface area contributed by atoms with E-state index in [-0.39, 0.29) is 40.7 Å². The number of phenols is 1. The third-order valence-electron chi connectivity index (χ3n) is 13.0. The maximum Gasteiger partial charge on any atom is 0.301 e. The quantitative estimate of drug-likeness (QED) is 0.0626. The van der Waals surface area contributed by atoms with Crippen molar-refractivity contribution in [3.63, 3.8) is 0 Å². The minimum atomic E-state index is -1.79. The monoisotopic (exact) mass is 890 g/mol. The highest BCUT2D eigenvalue weighted by atomic mass is 35.5. The number of hydrogen-bond donors (Lipinski definition) is 2. The van der Waals surface area contributed by atoms with Crippen molar-refractivity contribution >= 4 is 86.0 Å². The number of nitro benzene ring substituents is 2. The van der Waals surface area contributed by atoms with E-state index in [9.17, 15) is 30.1 Å². The number of nitro groups is 2. The topological polar surface area (TPSA) is 206 Å². The predicted molar refractivity (Wildman–Crippen MR) is 233 cm³/mol. The number of amides is 4. The van der Waals surface area contributed by atoms with Gasteiger partial charge < -0.3 is 14.7 Å². The number of hydrazine groups is 1. The molecule has 2 aliphatic carbocycles. The second kappa shape index (κ2) is 15.1. The van der Waals surface area contributed by atoms with Crippen molar-refractivity contribution in [3.8, 4) is 11.5 Å². The van der Waals surface area contributed by atoms with E-state index in [0.29, 0.717) is 38.2 Å². The highest BCUT2D eigenvalue weighted by Gasteiger charge is 2.71. The molecule has 2 saturated heterocycles. The molecule has 4 amide bonds. The molecule has 320 valence electrons. The molecular formula is C45H36Cl2N6O10. The fourth-order valence-corrected chi connectivity index (χ4v) is 10.9. The number of allylic oxidation sites excluding steroid dienone is 2. The molecule has 2 N–H and O–H groups in total. The van der Waals surface area contributed by atoms with Crippen molar-refractivity contribution in [1.82, 2.24) is 5.01 Å². The van der Waals surface area contributed by atoms with Gasteiger partial charge in [0.1, 0.15) is 11.5 Å². The molecule has 0 aromatic heterocycles. The third-order valence-corrected chi connectivity index (χ3v) is 13.5. The molecule has 0 spiro atoms. The Hall–Kier alpha value is -7.04. The summed E-state index contributed by atoms with van der Waals surface area (Å²) in [6.07, 6.45) is 1.62. The van der Waals surface area contributed by atoms with Crippen LogP contribution in [0.15, 0.2) is 103 Å². The van der Waals surface area contributed by atoms with Crippen LogP contribution in [0.4, 0.5) is 28.4 Å². The lowest BCUT2D eigenvalue weighted by atomic mass is 9.48. The molecule has 2 aliphatic heterocycles. The normalized spacial score (nSPS) is 23.9. The molecule has 6 unspecified atom stereocenters. The number of anilines is 3. The Labute approximate surface area is 368 Å². The molecular weight excluding hydrogens is 855 g/mol. The SMILES string of the molecule is COc1ccc(C23C(=O)N(Nc4ccc(Cl)cc4Cl)C(=O)C2CC2C(=CCC4C(=O)N(c5cc([N+](=O)[O-])c(N(C)C)c([N+](=O)[O-])c5)C(=O)C42)C3c2c(O)ccc3ccccc23)cc1. The molecule has 2 heterocycles. The van der Waals surface area contributed by atoms with Gasteiger partial charge in [0.05, 0.1) is 56.5 Å². The summed E-state index contributed by atoms with van der Waals surface area (Å²) in [5, 5.41) is 39.4. The summed E-state index contributed by atoms with van der Waals surface area (Å²) in [5.74, 6) is -8.07. The van der Waals surface area contributed by atoms with Crippen molar-refractivity contribution in [2.45, 2.75) is 24.2 Å². The molecule has 63 heavy (non-hydrogen) atoms. The van der Waals surface area contributed by atoms with Crippen LogP contribution in [-0.4, -0.2) is 64.8 Å². The first-order valence-corrected chi connectivity index (χ1v) is 20.5. The number of hydrogen-bond acceptors (Lipinski definition) is 12. The third kappa shape index (κ3) is 6.10. The van der Waals surface area contributed by atoms with Crippen LogP contribution >= 0.6 is 23.2 Å². The van der Waals surface area contributed by atoms with E-state index >= 15 is 14.4 Å². The lowest BCUT2D eigenvalue weighted by Gasteiger charge is -2.51. The molecule has 0 radical (unpaired) electrons. The summed E-state index contributed by atoms with van der Waals surface area (Å²) in [5.41, 5.74) is 0.550. The molecule has 9 rings (SSSR count). The average Bonchev–Trinajstić information content (AvgIpc) is 3.64. The van der Waals surface area contributed by atoms with Crippen molar-refractivity contribution in [2.75, 3.05) is 36.4 Å². The first-order valence-electron chi connectivity index (χ1n) is 19.8.